The molecule has 0 unspecified atom stereocenters. The molecule has 0 radical (unpaired) electrons. The second kappa shape index (κ2) is 9.55. The number of benzene rings is 4. The Labute approximate surface area is 214 Å². The van der Waals surface area contributed by atoms with Crippen LogP contribution >= 0.6 is 0 Å². The molecule has 0 saturated heterocycles. The van der Waals surface area contributed by atoms with E-state index in [2.05, 4.69) is 10.6 Å². The molecule has 4 aromatic carbocycles. The lowest BCUT2D eigenvalue weighted by atomic mass is 10.0. The lowest BCUT2D eigenvalue weighted by Crippen LogP contribution is -2.26. The molecule has 0 aromatic heterocycles. The van der Waals surface area contributed by atoms with Gasteiger partial charge < -0.3 is 15.4 Å². The summed E-state index contributed by atoms with van der Waals surface area (Å²) in [5, 5.41) is 6.92. The Bertz CT molecular complexity index is 1580. The zero-order valence-corrected chi connectivity index (χ0v) is 19.9. The Hall–Kier alpha value is -4.86. The zero-order valence-electron chi connectivity index (χ0n) is 19.9. The van der Waals surface area contributed by atoms with Crippen molar-refractivity contribution >= 4 is 51.2 Å². The van der Waals surface area contributed by atoms with E-state index >= 15 is 0 Å². The van der Waals surface area contributed by atoms with E-state index in [9.17, 15) is 27.6 Å². The van der Waals surface area contributed by atoms with Gasteiger partial charge in [-0.25, -0.2) is 0 Å². The van der Waals surface area contributed by atoms with Crippen LogP contribution in [0.15, 0.2) is 78.9 Å². The highest BCUT2D eigenvalue weighted by atomic mass is 19.4. The zero-order chi connectivity index (χ0) is 27.0. The summed E-state index contributed by atoms with van der Waals surface area (Å²) in [6.45, 7) is 0. The van der Waals surface area contributed by atoms with Gasteiger partial charge in [0.15, 0.2) is 0 Å². The van der Waals surface area contributed by atoms with Crippen molar-refractivity contribution in [3.63, 3.8) is 0 Å². The molecule has 0 saturated carbocycles. The number of fused-ring (bicyclic) bond motifs is 3. The molecule has 192 valence electrons. The first-order chi connectivity index (χ1) is 18.2. The summed E-state index contributed by atoms with van der Waals surface area (Å²) in [5.41, 5.74) is -0.184. The van der Waals surface area contributed by atoms with Crippen molar-refractivity contribution in [3.05, 3.63) is 90.0 Å². The molecule has 0 fully saturated rings. The Morgan fingerprint density at radius 1 is 0.947 bits per heavy atom. The minimum Gasteiger partial charge on any atom is -0.496 e. The largest absolute Gasteiger partial charge is 0.496 e. The number of nitrogens with zero attached hydrogens (tertiary/aromatic N) is 1. The van der Waals surface area contributed by atoms with Crippen molar-refractivity contribution in [1.82, 2.24) is 0 Å². The highest BCUT2D eigenvalue weighted by Crippen LogP contribution is 2.40. The van der Waals surface area contributed by atoms with Crippen molar-refractivity contribution < 1.29 is 32.3 Å². The maximum Gasteiger partial charge on any atom is 0.417 e. The van der Waals surface area contributed by atoms with Gasteiger partial charge in [0.05, 0.1) is 29.6 Å². The second-order valence-corrected chi connectivity index (χ2v) is 8.52. The van der Waals surface area contributed by atoms with Gasteiger partial charge in [-0.3, -0.25) is 19.3 Å². The lowest BCUT2D eigenvalue weighted by molar-refractivity contribution is -0.138. The maximum absolute atomic E-state index is 13.5. The average molecular weight is 519 g/mol. The van der Waals surface area contributed by atoms with Crippen LogP contribution in [0.4, 0.5) is 35.9 Å². The molecule has 0 bridgehead atoms. The van der Waals surface area contributed by atoms with Crippen LogP contribution in [0.3, 0.4) is 0 Å². The average Bonchev–Trinajstić information content (AvgIpc) is 3.02. The number of carbonyl (C=O) groups is 3. The molecule has 0 atom stereocenters. The van der Waals surface area contributed by atoms with Gasteiger partial charge >= 0.3 is 6.18 Å². The number of anilines is 4. The van der Waals surface area contributed by atoms with Crippen molar-refractivity contribution in [1.29, 1.82) is 0 Å². The third-order valence-electron chi connectivity index (χ3n) is 6.14. The fraction of sp³-hybridized carbons (Fsp3) is 0.107. The van der Waals surface area contributed by atoms with Crippen LogP contribution in [0.25, 0.3) is 10.8 Å². The number of ether oxygens (including phenoxy) is 1. The number of alkyl halides is 3. The fourth-order valence-corrected chi connectivity index (χ4v) is 4.45. The van der Waals surface area contributed by atoms with E-state index in [4.69, 9.17) is 4.74 Å². The molecule has 4 aromatic rings. The number of methoxy groups -OCH3 is 1. The highest BCUT2D eigenvalue weighted by Gasteiger charge is 2.37. The molecule has 5 rings (SSSR count). The third-order valence-corrected chi connectivity index (χ3v) is 6.14. The summed E-state index contributed by atoms with van der Waals surface area (Å²) in [7, 11) is 1.18. The number of amides is 3. The van der Waals surface area contributed by atoms with Crippen molar-refractivity contribution in [3.8, 4) is 5.75 Å². The number of hydrogen-bond donors (Lipinski definition) is 2. The molecule has 1 heterocycles. The fourth-order valence-electron chi connectivity index (χ4n) is 4.45. The number of nitrogens with one attached hydrogen (secondary N) is 2. The van der Waals surface area contributed by atoms with Gasteiger partial charge in [-0.2, -0.15) is 13.2 Å². The van der Waals surface area contributed by atoms with Gasteiger partial charge in [0.25, 0.3) is 5.91 Å². The predicted octanol–water partition coefficient (Wildman–Crippen LogP) is 6.13. The normalized spacial score (nSPS) is 13.5. The summed E-state index contributed by atoms with van der Waals surface area (Å²) in [6.07, 6.45) is -5.14. The molecule has 0 spiro atoms. The molecule has 7 nitrogen and oxygen atoms in total. The van der Waals surface area contributed by atoms with Crippen molar-refractivity contribution in [2.45, 2.75) is 12.6 Å². The van der Waals surface area contributed by atoms with Gasteiger partial charge in [-0.15, -0.1) is 0 Å². The smallest absolute Gasteiger partial charge is 0.417 e. The van der Waals surface area contributed by atoms with E-state index < -0.39 is 35.0 Å². The van der Waals surface area contributed by atoms with Crippen LogP contribution in [0.2, 0.25) is 0 Å². The summed E-state index contributed by atoms with van der Waals surface area (Å²) < 4.78 is 45.6. The molecule has 2 N–H and O–H groups in total. The van der Waals surface area contributed by atoms with E-state index in [-0.39, 0.29) is 17.9 Å². The van der Waals surface area contributed by atoms with Crippen LogP contribution in [0.5, 0.6) is 5.75 Å². The molecule has 1 aliphatic heterocycles. The number of rotatable bonds is 4. The molecular formula is C28H20F3N3O4. The quantitative estimate of drug-likeness (QED) is 0.318. The van der Waals surface area contributed by atoms with Crippen molar-refractivity contribution in [2.75, 3.05) is 22.6 Å². The first kappa shape index (κ1) is 24.8. The van der Waals surface area contributed by atoms with Crippen LogP contribution in [0, 0.1) is 0 Å². The third kappa shape index (κ3) is 4.52. The molecule has 10 heteroatoms. The maximum atomic E-state index is 13.5. The minimum atomic E-state index is -4.76. The molecule has 1 aliphatic rings. The van der Waals surface area contributed by atoms with E-state index in [1.54, 1.807) is 6.07 Å². The SMILES string of the molecule is COc1cccc(C(F)(F)F)c1C(=O)Nc1ccc(N2C(=O)CC(=O)Nc3c2ccc2ccccc32)cc1. The summed E-state index contributed by atoms with van der Waals surface area (Å²) >= 11 is 0. The van der Waals surface area contributed by atoms with Crippen molar-refractivity contribution in [2.24, 2.45) is 0 Å². The van der Waals surface area contributed by atoms with Crippen LogP contribution in [0.1, 0.15) is 22.3 Å². The van der Waals surface area contributed by atoms with Gasteiger partial charge in [-0.05, 0) is 47.9 Å². The predicted molar refractivity (Wildman–Crippen MR) is 137 cm³/mol. The van der Waals surface area contributed by atoms with Crippen LogP contribution in [-0.4, -0.2) is 24.8 Å². The highest BCUT2D eigenvalue weighted by molar-refractivity contribution is 6.21. The topological polar surface area (TPSA) is 87.7 Å². The van der Waals surface area contributed by atoms with Gasteiger partial charge in [0, 0.05) is 16.8 Å². The Balaban J connectivity index is 1.49. The Morgan fingerprint density at radius 3 is 2.39 bits per heavy atom. The Morgan fingerprint density at radius 2 is 1.68 bits per heavy atom. The molecule has 3 amide bonds. The van der Waals surface area contributed by atoms with E-state index in [1.165, 1.54) is 42.3 Å². The van der Waals surface area contributed by atoms with Gasteiger partial charge in [0.1, 0.15) is 12.2 Å². The standard InChI is InChI=1S/C28H20F3N3O4/c1-38-22-8-4-7-20(28(29,30)31)25(22)27(37)32-17-10-12-18(13-11-17)34-21-14-9-16-5-2-3-6-19(16)26(21)33-23(35)15-24(34)36/h2-14H,15H2,1H3,(H,32,37)(H,33,35). The number of hydrogen-bond acceptors (Lipinski definition) is 4. The Kier molecular flexibility index (Phi) is 6.23. The van der Waals surface area contributed by atoms with Gasteiger partial charge in [0.2, 0.25) is 11.8 Å². The molecule has 38 heavy (non-hydrogen) atoms. The number of carbonyl (C=O) groups excluding carboxylic acids is 3. The first-order valence-electron chi connectivity index (χ1n) is 11.5. The van der Waals surface area contributed by atoms with E-state index in [0.717, 1.165) is 22.9 Å². The van der Waals surface area contributed by atoms with E-state index in [1.807, 2.05) is 30.3 Å². The summed E-state index contributed by atoms with van der Waals surface area (Å²) in [6, 6.07) is 20.2. The number of halogens is 3. The molecular weight excluding hydrogens is 499 g/mol. The monoisotopic (exact) mass is 519 g/mol. The van der Waals surface area contributed by atoms with Gasteiger partial charge in [-0.1, -0.05) is 36.4 Å². The summed E-state index contributed by atoms with van der Waals surface area (Å²) in [4.78, 5) is 39.8. The van der Waals surface area contributed by atoms with Crippen LogP contribution < -0.4 is 20.3 Å². The summed E-state index contributed by atoms with van der Waals surface area (Å²) in [5.74, 6) is -2.13. The van der Waals surface area contributed by atoms with E-state index in [0.29, 0.717) is 17.1 Å². The lowest BCUT2D eigenvalue weighted by Gasteiger charge is -2.23. The second-order valence-electron chi connectivity index (χ2n) is 8.52. The first-order valence-corrected chi connectivity index (χ1v) is 11.5. The minimum absolute atomic E-state index is 0.202. The molecule has 0 aliphatic carbocycles. The van der Waals surface area contributed by atoms with Crippen LogP contribution in [-0.2, 0) is 15.8 Å².